The highest BCUT2D eigenvalue weighted by Gasteiger charge is 2.12. The minimum Gasteiger partial charge on any atom is -0.380 e. The zero-order chi connectivity index (χ0) is 11.1. The summed E-state index contributed by atoms with van der Waals surface area (Å²) < 4.78 is 5.01. The van der Waals surface area contributed by atoms with E-state index in [1.807, 2.05) is 20.8 Å². The molecule has 0 aromatic heterocycles. The van der Waals surface area contributed by atoms with Crippen molar-refractivity contribution in [3.63, 3.8) is 0 Å². The second-order valence-electron chi connectivity index (χ2n) is 3.96. The summed E-state index contributed by atoms with van der Waals surface area (Å²) in [5.41, 5.74) is 5.76. The second-order valence-corrected chi connectivity index (χ2v) is 3.96. The Labute approximate surface area is 86.2 Å². The SMILES string of the molecule is COC(C)CNC(=O)CC(N)C(C)C. The number of nitrogens with one attached hydrogen (secondary N) is 1. The molecule has 0 saturated heterocycles. The zero-order valence-electron chi connectivity index (χ0n) is 9.54. The van der Waals surface area contributed by atoms with E-state index in [0.717, 1.165) is 0 Å². The van der Waals surface area contributed by atoms with Crippen molar-refractivity contribution in [3.8, 4) is 0 Å². The van der Waals surface area contributed by atoms with Gasteiger partial charge in [-0.15, -0.1) is 0 Å². The van der Waals surface area contributed by atoms with E-state index in [1.165, 1.54) is 0 Å². The number of ether oxygens (including phenoxy) is 1. The van der Waals surface area contributed by atoms with Crippen LogP contribution >= 0.6 is 0 Å². The predicted octanol–water partition coefficient (Wildman–Crippen LogP) is 0.511. The van der Waals surface area contributed by atoms with Crippen molar-refractivity contribution in [2.45, 2.75) is 39.3 Å². The molecule has 0 heterocycles. The van der Waals surface area contributed by atoms with E-state index in [1.54, 1.807) is 7.11 Å². The molecule has 14 heavy (non-hydrogen) atoms. The van der Waals surface area contributed by atoms with Crippen LogP contribution in [0.1, 0.15) is 27.2 Å². The molecule has 4 nitrogen and oxygen atoms in total. The first-order chi connectivity index (χ1) is 6.47. The van der Waals surface area contributed by atoms with Crippen molar-refractivity contribution < 1.29 is 9.53 Å². The first-order valence-corrected chi connectivity index (χ1v) is 5.02. The lowest BCUT2D eigenvalue weighted by molar-refractivity contribution is -0.122. The van der Waals surface area contributed by atoms with Gasteiger partial charge in [-0.05, 0) is 12.8 Å². The van der Waals surface area contributed by atoms with Gasteiger partial charge in [0, 0.05) is 26.1 Å². The van der Waals surface area contributed by atoms with Gasteiger partial charge >= 0.3 is 0 Å². The van der Waals surface area contributed by atoms with Crippen LogP contribution < -0.4 is 11.1 Å². The van der Waals surface area contributed by atoms with Crippen molar-refractivity contribution in [2.75, 3.05) is 13.7 Å². The lowest BCUT2D eigenvalue weighted by atomic mass is 10.0. The summed E-state index contributed by atoms with van der Waals surface area (Å²) in [5.74, 6) is 0.329. The first kappa shape index (κ1) is 13.4. The minimum atomic E-state index is -0.0622. The topological polar surface area (TPSA) is 64.3 Å². The molecule has 84 valence electrons. The lowest BCUT2D eigenvalue weighted by Gasteiger charge is -2.16. The summed E-state index contributed by atoms with van der Waals surface area (Å²) in [6.07, 6.45) is 0.433. The molecule has 0 radical (unpaired) electrons. The number of carbonyl (C=O) groups is 1. The van der Waals surface area contributed by atoms with Crippen LogP contribution in [0.2, 0.25) is 0 Å². The molecular formula is C10H22N2O2. The Morgan fingerprint density at radius 3 is 2.43 bits per heavy atom. The molecule has 1 amide bonds. The lowest BCUT2D eigenvalue weighted by Crippen LogP contribution is -2.37. The van der Waals surface area contributed by atoms with Gasteiger partial charge in [0.05, 0.1) is 6.10 Å². The molecule has 0 aromatic rings. The van der Waals surface area contributed by atoms with Gasteiger partial charge < -0.3 is 15.8 Å². The Morgan fingerprint density at radius 2 is 2.00 bits per heavy atom. The number of hydrogen-bond acceptors (Lipinski definition) is 3. The molecule has 0 rings (SSSR count). The van der Waals surface area contributed by atoms with Crippen LogP contribution in [0.25, 0.3) is 0 Å². The molecule has 0 aromatic carbocycles. The molecule has 0 aliphatic heterocycles. The smallest absolute Gasteiger partial charge is 0.221 e. The van der Waals surface area contributed by atoms with E-state index < -0.39 is 0 Å². The fourth-order valence-corrected chi connectivity index (χ4v) is 0.863. The Hall–Kier alpha value is -0.610. The van der Waals surface area contributed by atoms with E-state index in [0.29, 0.717) is 18.9 Å². The molecule has 2 atom stereocenters. The third kappa shape index (κ3) is 5.94. The van der Waals surface area contributed by atoms with Crippen molar-refractivity contribution in [1.29, 1.82) is 0 Å². The normalized spacial score (nSPS) is 15.3. The Balaban J connectivity index is 3.65. The zero-order valence-corrected chi connectivity index (χ0v) is 9.54. The highest BCUT2D eigenvalue weighted by atomic mass is 16.5. The van der Waals surface area contributed by atoms with Gasteiger partial charge in [0.2, 0.25) is 5.91 Å². The van der Waals surface area contributed by atoms with Gasteiger partial charge in [-0.2, -0.15) is 0 Å². The summed E-state index contributed by atoms with van der Waals surface area (Å²) in [6, 6.07) is -0.0622. The average Bonchev–Trinajstić information content (AvgIpc) is 2.13. The van der Waals surface area contributed by atoms with Gasteiger partial charge in [-0.25, -0.2) is 0 Å². The Kier molecular flexibility index (Phi) is 6.49. The first-order valence-electron chi connectivity index (χ1n) is 5.02. The van der Waals surface area contributed by atoms with Crippen LogP contribution in [-0.4, -0.2) is 31.7 Å². The van der Waals surface area contributed by atoms with Crippen LogP contribution in [0.5, 0.6) is 0 Å². The van der Waals surface area contributed by atoms with Crippen molar-refractivity contribution in [3.05, 3.63) is 0 Å². The third-order valence-corrected chi connectivity index (χ3v) is 2.27. The van der Waals surface area contributed by atoms with Crippen LogP contribution in [0.4, 0.5) is 0 Å². The molecule has 0 spiro atoms. The molecule has 0 aliphatic carbocycles. The van der Waals surface area contributed by atoms with Crippen molar-refractivity contribution >= 4 is 5.91 Å². The standard InChI is InChI=1S/C10H22N2O2/c1-7(2)9(11)5-10(13)12-6-8(3)14-4/h7-9H,5-6,11H2,1-4H3,(H,12,13). The molecule has 0 bridgehead atoms. The summed E-state index contributed by atoms with van der Waals surface area (Å²) in [6.45, 7) is 6.47. The molecule has 0 saturated carbocycles. The van der Waals surface area contributed by atoms with E-state index in [2.05, 4.69) is 5.32 Å². The van der Waals surface area contributed by atoms with Gasteiger partial charge in [-0.3, -0.25) is 4.79 Å². The molecule has 0 fully saturated rings. The second kappa shape index (κ2) is 6.79. The maximum absolute atomic E-state index is 11.3. The fourth-order valence-electron chi connectivity index (χ4n) is 0.863. The quantitative estimate of drug-likeness (QED) is 0.659. The summed E-state index contributed by atoms with van der Waals surface area (Å²) in [5, 5.41) is 2.78. The maximum atomic E-state index is 11.3. The Bertz CT molecular complexity index is 172. The van der Waals surface area contributed by atoms with Crippen LogP contribution in [0, 0.1) is 5.92 Å². The van der Waals surface area contributed by atoms with E-state index in [9.17, 15) is 4.79 Å². The van der Waals surface area contributed by atoms with Gasteiger partial charge in [0.15, 0.2) is 0 Å². The molecular weight excluding hydrogens is 180 g/mol. The molecule has 3 N–H and O–H groups in total. The number of methoxy groups -OCH3 is 1. The van der Waals surface area contributed by atoms with Gasteiger partial charge in [-0.1, -0.05) is 13.8 Å². The predicted molar refractivity (Wildman–Crippen MR) is 56.9 cm³/mol. The molecule has 0 aliphatic rings. The summed E-state index contributed by atoms with van der Waals surface area (Å²) in [7, 11) is 1.62. The maximum Gasteiger partial charge on any atom is 0.221 e. The van der Waals surface area contributed by atoms with E-state index >= 15 is 0 Å². The van der Waals surface area contributed by atoms with Crippen LogP contribution in [0.15, 0.2) is 0 Å². The minimum absolute atomic E-state index is 0.00454. The van der Waals surface area contributed by atoms with E-state index in [4.69, 9.17) is 10.5 Å². The van der Waals surface area contributed by atoms with Crippen LogP contribution in [-0.2, 0) is 9.53 Å². The van der Waals surface area contributed by atoms with Gasteiger partial charge in [0.25, 0.3) is 0 Å². The molecule has 4 heteroatoms. The highest BCUT2D eigenvalue weighted by Crippen LogP contribution is 2.02. The monoisotopic (exact) mass is 202 g/mol. The highest BCUT2D eigenvalue weighted by molar-refractivity contribution is 5.76. The summed E-state index contributed by atoms with van der Waals surface area (Å²) >= 11 is 0. The van der Waals surface area contributed by atoms with Gasteiger partial charge in [0.1, 0.15) is 0 Å². The summed E-state index contributed by atoms with van der Waals surface area (Å²) in [4.78, 5) is 11.3. The number of rotatable bonds is 6. The Morgan fingerprint density at radius 1 is 1.43 bits per heavy atom. The van der Waals surface area contributed by atoms with E-state index in [-0.39, 0.29) is 18.1 Å². The average molecular weight is 202 g/mol. The van der Waals surface area contributed by atoms with Crippen LogP contribution in [0.3, 0.4) is 0 Å². The van der Waals surface area contributed by atoms with Crippen molar-refractivity contribution in [1.82, 2.24) is 5.32 Å². The van der Waals surface area contributed by atoms with Crippen molar-refractivity contribution in [2.24, 2.45) is 11.7 Å². The number of carbonyl (C=O) groups excluding carboxylic acids is 1. The third-order valence-electron chi connectivity index (χ3n) is 2.27. The fraction of sp³-hybridized carbons (Fsp3) is 0.900. The number of hydrogen-bond donors (Lipinski definition) is 2. The number of nitrogens with two attached hydrogens (primary N) is 1. The molecule has 2 unspecified atom stereocenters. The largest absolute Gasteiger partial charge is 0.380 e. The number of amides is 1.